The molecule has 1 N–H and O–H groups in total. The van der Waals surface area contributed by atoms with Crippen LogP contribution in [-0.4, -0.2) is 18.1 Å². The van der Waals surface area contributed by atoms with Gasteiger partial charge in [0.2, 0.25) is 0 Å². The lowest BCUT2D eigenvalue weighted by molar-refractivity contribution is 0.0734. The first-order valence-electron chi connectivity index (χ1n) is 8.19. The van der Waals surface area contributed by atoms with Crippen LogP contribution < -0.4 is 10.2 Å². The van der Waals surface area contributed by atoms with Gasteiger partial charge in [-0.25, -0.2) is 10.2 Å². The van der Waals surface area contributed by atoms with E-state index >= 15 is 0 Å². The number of carbonyl (C=O) groups excluding carboxylic acids is 2. The smallest absolute Gasteiger partial charge is 0.343 e. The summed E-state index contributed by atoms with van der Waals surface area (Å²) in [7, 11) is 0. The molecule has 3 rings (SSSR count). The highest BCUT2D eigenvalue weighted by Crippen LogP contribution is 2.20. The average molecular weight is 413 g/mol. The SMILES string of the molecule is O=C(Oc1ccc(C=NNC(=O)c2ccc(Cl)cc2Cl)cc1)c1ccccc1. The number of esters is 1. The summed E-state index contributed by atoms with van der Waals surface area (Å²) in [6.45, 7) is 0. The lowest BCUT2D eigenvalue weighted by Gasteiger charge is -2.04. The highest BCUT2D eigenvalue weighted by molar-refractivity contribution is 6.36. The number of hydrogen-bond donors (Lipinski definition) is 1. The van der Waals surface area contributed by atoms with E-state index in [4.69, 9.17) is 27.9 Å². The summed E-state index contributed by atoms with van der Waals surface area (Å²) in [6, 6.07) is 20.0. The van der Waals surface area contributed by atoms with Crippen LogP contribution in [0.1, 0.15) is 26.3 Å². The number of benzene rings is 3. The van der Waals surface area contributed by atoms with E-state index in [0.717, 1.165) is 0 Å². The molecule has 0 aliphatic rings. The predicted molar refractivity (Wildman–Crippen MR) is 109 cm³/mol. The zero-order valence-electron chi connectivity index (χ0n) is 14.4. The first-order chi connectivity index (χ1) is 13.5. The van der Waals surface area contributed by atoms with E-state index in [9.17, 15) is 9.59 Å². The molecule has 140 valence electrons. The minimum Gasteiger partial charge on any atom is -0.423 e. The number of hydrazone groups is 1. The third kappa shape index (κ3) is 5.19. The van der Waals surface area contributed by atoms with Gasteiger partial charge in [-0.2, -0.15) is 5.10 Å². The van der Waals surface area contributed by atoms with E-state index in [2.05, 4.69) is 10.5 Å². The van der Waals surface area contributed by atoms with E-state index in [1.165, 1.54) is 18.3 Å². The number of nitrogens with one attached hydrogen (secondary N) is 1. The van der Waals surface area contributed by atoms with Crippen molar-refractivity contribution in [3.8, 4) is 5.75 Å². The number of hydrogen-bond acceptors (Lipinski definition) is 4. The number of nitrogens with zero attached hydrogens (tertiary/aromatic N) is 1. The Hall–Kier alpha value is -3.15. The van der Waals surface area contributed by atoms with Gasteiger partial charge in [0.1, 0.15) is 5.75 Å². The summed E-state index contributed by atoms with van der Waals surface area (Å²) in [5.41, 5.74) is 3.84. The molecule has 0 unspecified atom stereocenters. The highest BCUT2D eigenvalue weighted by Gasteiger charge is 2.10. The predicted octanol–water partition coefficient (Wildman–Crippen LogP) is 4.98. The molecule has 0 radical (unpaired) electrons. The molecule has 3 aromatic rings. The van der Waals surface area contributed by atoms with Gasteiger partial charge in [-0.05, 0) is 60.2 Å². The van der Waals surface area contributed by atoms with Crippen molar-refractivity contribution in [3.63, 3.8) is 0 Å². The topological polar surface area (TPSA) is 67.8 Å². The molecule has 0 heterocycles. The second kappa shape index (κ2) is 9.17. The number of carbonyl (C=O) groups is 2. The largest absolute Gasteiger partial charge is 0.423 e. The summed E-state index contributed by atoms with van der Waals surface area (Å²) in [4.78, 5) is 24.1. The van der Waals surface area contributed by atoms with Crippen molar-refractivity contribution in [2.24, 2.45) is 5.10 Å². The number of halogens is 2. The molecule has 28 heavy (non-hydrogen) atoms. The first-order valence-corrected chi connectivity index (χ1v) is 8.94. The van der Waals surface area contributed by atoms with Crippen LogP contribution in [0.25, 0.3) is 0 Å². The van der Waals surface area contributed by atoms with Crippen molar-refractivity contribution < 1.29 is 14.3 Å². The Morgan fingerprint density at radius 1 is 0.929 bits per heavy atom. The number of amides is 1. The van der Waals surface area contributed by atoms with Crippen molar-refractivity contribution in [1.29, 1.82) is 0 Å². The monoisotopic (exact) mass is 412 g/mol. The Bertz CT molecular complexity index is 1020. The van der Waals surface area contributed by atoms with Crippen LogP contribution in [0.15, 0.2) is 77.9 Å². The van der Waals surface area contributed by atoms with Crippen molar-refractivity contribution in [1.82, 2.24) is 5.43 Å². The van der Waals surface area contributed by atoms with Gasteiger partial charge in [0, 0.05) is 5.02 Å². The molecule has 0 saturated carbocycles. The Kier molecular flexibility index (Phi) is 6.42. The van der Waals surface area contributed by atoms with Crippen LogP contribution in [0.2, 0.25) is 10.0 Å². The van der Waals surface area contributed by atoms with Gasteiger partial charge >= 0.3 is 5.97 Å². The summed E-state index contributed by atoms with van der Waals surface area (Å²) < 4.78 is 5.30. The van der Waals surface area contributed by atoms with Gasteiger partial charge in [0.15, 0.2) is 0 Å². The average Bonchev–Trinajstić information content (AvgIpc) is 2.70. The maximum atomic E-state index is 12.1. The molecule has 0 saturated heterocycles. The van der Waals surface area contributed by atoms with E-state index in [-0.39, 0.29) is 10.6 Å². The van der Waals surface area contributed by atoms with Crippen LogP contribution in [-0.2, 0) is 0 Å². The second-order valence-corrected chi connectivity index (χ2v) is 6.49. The summed E-state index contributed by atoms with van der Waals surface area (Å²) in [5, 5.41) is 4.58. The van der Waals surface area contributed by atoms with Gasteiger partial charge in [0.25, 0.3) is 5.91 Å². The maximum absolute atomic E-state index is 12.1. The Balaban J connectivity index is 1.58. The normalized spacial score (nSPS) is 10.6. The lowest BCUT2D eigenvalue weighted by Crippen LogP contribution is -2.18. The fourth-order valence-electron chi connectivity index (χ4n) is 2.26. The maximum Gasteiger partial charge on any atom is 0.343 e. The third-order valence-corrected chi connectivity index (χ3v) is 4.20. The van der Waals surface area contributed by atoms with Crippen LogP contribution in [0, 0.1) is 0 Å². The Morgan fingerprint density at radius 2 is 1.64 bits per heavy atom. The Morgan fingerprint density at radius 3 is 2.32 bits per heavy atom. The van der Waals surface area contributed by atoms with Gasteiger partial charge in [-0.3, -0.25) is 4.79 Å². The molecule has 1 amide bonds. The molecule has 0 aromatic heterocycles. The van der Waals surface area contributed by atoms with Gasteiger partial charge in [-0.15, -0.1) is 0 Å². The quantitative estimate of drug-likeness (QED) is 0.278. The van der Waals surface area contributed by atoms with E-state index in [1.54, 1.807) is 54.6 Å². The number of rotatable bonds is 5. The molecule has 0 aliphatic carbocycles. The van der Waals surface area contributed by atoms with Crippen molar-refractivity contribution >= 4 is 41.3 Å². The summed E-state index contributed by atoms with van der Waals surface area (Å²) in [5.74, 6) is -0.483. The molecule has 5 nitrogen and oxygen atoms in total. The number of ether oxygens (including phenoxy) is 1. The molecule has 0 bridgehead atoms. The molecule has 0 atom stereocenters. The van der Waals surface area contributed by atoms with E-state index < -0.39 is 11.9 Å². The van der Waals surface area contributed by atoms with Crippen molar-refractivity contribution in [3.05, 3.63) is 99.5 Å². The van der Waals surface area contributed by atoms with E-state index in [0.29, 0.717) is 21.9 Å². The first kappa shape index (κ1) is 19.6. The fourth-order valence-corrected chi connectivity index (χ4v) is 2.76. The summed E-state index contributed by atoms with van der Waals surface area (Å²) in [6.07, 6.45) is 1.46. The van der Waals surface area contributed by atoms with Crippen LogP contribution in [0.4, 0.5) is 0 Å². The zero-order chi connectivity index (χ0) is 19.9. The van der Waals surface area contributed by atoms with Crippen LogP contribution >= 0.6 is 23.2 Å². The minimum absolute atomic E-state index is 0.241. The fraction of sp³-hybridized carbons (Fsp3) is 0. The van der Waals surface area contributed by atoms with Crippen LogP contribution in [0.3, 0.4) is 0 Å². The molecule has 3 aromatic carbocycles. The van der Waals surface area contributed by atoms with Gasteiger partial charge in [-0.1, -0.05) is 41.4 Å². The molecule has 0 fully saturated rings. The van der Waals surface area contributed by atoms with Gasteiger partial charge < -0.3 is 4.74 Å². The van der Waals surface area contributed by atoms with Crippen molar-refractivity contribution in [2.75, 3.05) is 0 Å². The van der Waals surface area contributed by atoms with E-state index in [1.807, 2.05) is 6.07 Å². The zero-order valence-corrected chi connectivity index (χ0v) is 15.9. The molecular formula is C21H14Cl2N2O3. The second-order valence-electron chi connectivity index (χ2n) is 5.65. The highest BCUT2D eigenvalue weighted by atomic mass is 35.5. The van der Waals surface area contributed by atoms with Crippen molar-refractivity contribution in [2.45, 2.75) is 0 Å². The van der Waals surface area contributed by atoms with Gasteiger partial charge in [0.05, 0.1) is 22.4 Å². The standard InChI is InChI=1S/C21H14Cl2N2O3/c22-16-8-11-18(19(23)12-16)20(26)25-24-13-14-6-9-17(10-7-14)28-21(27)15-4-2-1-3-5-15/h1-13H,(H,25,26). The molecule has 0 spiro atoms. The molecule has 7 heteroatoms. The molecule has 0 aliphatic heterocycles. The van der Waals surface area contributed by atoms with Crippen LogP contribution in [0.5, 0.6) is 5.75 Å². The third-order valence-electron chi connectivity index (χ3n) is 3.66. The lowest BCUT2D eigenvalue weighted by atomic mass is 10.2. The summed E-state index contributed by atoms with van der Waals surface area (Å²) >= 11 is 11.8. The Labute approximate surface area is 171 Å². The molecular weight excluding hydrogens is 399 g/mol. The minimum atomic E-state index is -0.452.